The van der Waals surface area contributed by atoms with Crippen molar-refractivity contribution in [2.24, 2.45) is 5.92 Å². The van der Waals surface area contributed by atoms with Gasteiger partial charge in [-0.2, -0.15) is 0 Å². The van der Waals surface area contributed by atoms with Crippen LogP contribution in [0.3, 0.4) is 0 Å². The van der Waals surface area contributed by atoms with Gasteiger partial charge in [-0.05, 0) is 24.8 Å². The number of aryl methyl sites for hydroxylation is 1. The van der Waals surface area contributed by atoms with Gasteiger partial charge in [-0.25, -0.2) is 4.79 Å². The Hall–Kier alpha value is -1.55. The first kappa shape index (κ1) is 15.5. The Bertz CT molecular complexity index is 388. The second kappa shape index (κ2) is 7.79. The number of amides is 2. The highest BCUT2D eigenvalue weighted by Crippen LogP contribution is 2.04. The summed E-state index contributed by atoms with van der Waals surface area (Å²) in [6, 6.07) is 7.60. The molecule has 3 N–H and O–H groups in total. The Balaban J connectivity index is 2.36. The molecule has 1 rings (SSSR count). The zero-order valence-corrected chi connectivity index (χ0v) is 11.9. The average molecular weight is 264 g/mol. The maximum Gasteiger partial charge on any atom is 0.315 e. The molecule has 1 aromatic carbocycles. The lowest BCUT2D eigenvalue weighted by atomic mass is 10.0. The zero-order valence-electron chi connectivity index (χ0n) is 11.9. The smallest absolute Gasteiger partial charge is 0.315 e. The maximum absolute atomic E-state index is 11.7. The van der Waals surface area contributed by atoms with Crippen LogP contribution in [0.5, 0.6) is 0 Å². The van der Waals surface area contributed by atoms with E-state index in [0.717, 1.165) is 12.0 Å². The predicted molar refractivity (Wildman–Crippen MR) is 76.9 cm³/mol. The molecule has 1 atom stereocenters. The lowest BCUT2D eigenvalue weighted by molar-refractivity contribution is 0.206. The molecule has 0 aliphatic carbocycles. The van der Waals surface area contributed by atoms with Gasteiger partial charge in [0.05, 0.1) is 12.6 Å². The van der Waals surface area contributed by atoms with Gasteiger partial charge < -0.3 is 15.7 Å². The summed E-state index contributed by atoms with van der Waals surface area (Å²) in [6.07, 6.45) is 0.772. The summed E-state index contributed by atoms with van der Waals surface area (Å²) >= 11 is 0. The van der Waals surface area contributed by atoms with Gasteiger partial charge in [-0.3, -0.25) is 0 Å². The summed E-state index contributed by atoms with van der Waals surface area (Å²) in [5, 5.41) is 14.8. The highest BCUT2D eigenvalue weighted by molar-refractivity contribution is 5.74. The highest BCUT2D eigenvalue weighted by atomic mass is 16.3. The van der Waals surface area contributed by atoms with Crippen LogP contribution in [0.15, 0.2) is 24.3 Å². The molecule has 0 aromatic heterocycles. The summed E-state index contributed by atoms with van der Waals surface area (Å²) in [5.74, 6) is 0.439. The van der Waals surface area contributed by atoms with Crippen molar-refractivity contribution in [1.82, 2.24) is 10.6 Å². The van der Waals surface area contributed by atoms with Crippen molar-refractivity contribution in [3.8, 4) is 0 Å². The van der Waals surface area contributed by atoms with E-state index in [1.807, 2.05) is 31.2 Å². The SMILES string of the molecule is Cc1ccc(CNC(=O)NC(CO)CC(C)C)cc1. The number of rotatable bonds is 6. The molecule has 1 unspecified atom stereocenters. The molecule has 4 heteroatoms. The van der Waals surface area contributed by atoms with E-state index in [4.69, 9.17) is 0 Å². The van der Waals surface area contributed by atoms with Gasteiger partial charge in [0, 0.05) is 6.54 Å². The molecular formula is C15H24N2O2. The molecule has 0 spiro atoms. The van der Waals surface area contributed by atoms with E-state index < -0.39 is 0 Å². The number of benzene rings is 1. The molecular weight excluding hydrogens is 240 g/mol. The van der Waals surface area contributed by atoms with Crippen LogP contribution in [0.2, 0.25) is 0 Å². The van der Waals surface area contributed by atoms with Crippen molar-refractivity contribution in [3.05, 3.63) is 35.4 Å². The number of urea groups is 1. The first-order chi connectivity index (χ1) is 9.01. The van der Waals surface area contributed by atoms with Crippen molar-refractivity contribution in [2.45, 2.75) is 39.8 Å². The normalized spacial score (nSPS) is 12.3. The largest absolute Gasteiger partial charge is 0.394 e. The van der Waals surface area contributed by atoms with Crippen molar-refractivity contribution in [3.63, 3.8) is 0 Å². The fraction of sp³-hybridized carbons (Fsp3) is 0.533. The van der Waals surface area contributed by atoms with Crippen LogP contribution in [0.25, 0.3) is 0 Å². The van der Waals surface area contributed by atoms with Crippen LogP contribution in [0, 0.1) is 12.8 Å². The van der Waals surface area contributed by atoms with Crippen LogP contribution in [-0.2, 0) is 6.54 Å². The van der Waals surface area contributed by atoms with Gasteiger partial charge in [0.25, 0.3) is 0 Å². The number of carbonyl (C=O) groups is 1. The van der Waals surface area contributed by atoms with Crippen molar-refractivity contribution in [1.29, 1.82) is 0 Å². The maximum atomic E-state index is 11.7. The molecule has 0 saturated heterocycles. The van der Waals surface area contributed by atoms with Crippen LogP contribution < -0.4 is 10.6 Å². The third kappa shape index (κ3) is 6.25. The molecule has 4 nitrogen and oxygen atoms in total. The van der Waals surface area contributed by atoms with Gasteiger partial charge in [0.1, 0.15) is 0 Å². The zero-order chi connectivity index (χ0) is 14.3. The Morgan fingerprint density at radius 2 is 1.89 bits per heavy atom. The number of nitrogens with one attached hydrogen (secondary N) is 2. The quantitative estimate of drug-likeness (QED) is 0.737. The van der Waals surface area contributed by atoms with Gasteiger partial charge in [0.15, 0.2) is 0 Å². The highest BCUT2D eigenvalue weighted by Gasteiger charge is 2.12. The van der Waals surface area contributed by atoms with Gasteiger partial charge in [-0.15, -0.1) is 0 Å². The number of hydrogen-bond acceptors (Lipinski definition) is 2. The van der Waals surface area contributed by atoms with Crippen LogP contribution in [0.4, 0.5) is 4.79 Å². The van der Waals surface area contributed by atoms with Crippen molar-refractivity contribution in [2.75, 3.05) is 6.61 Å². The average Bonchev–Trinajstić information content (AvgIpc) is 2.36. The molecule has 1 aromatic rings. The van der Waals surface area contributed by atoms with E-state index in [1.165, 1.54) is 5.56 Å². The number of hydrogen-bond donors (Lipinski definition) is 3. The Morgan fingerprint density at radius 3 is 2.42 bits per heavy atom. The predicted octanol–water partition coefficient (Wildman–Crippen LogP) is 2.20. The summed E-state index contributed by atoms with van der Waals surface area (Å²) in [5.41, 5.74) is 2.26. The second-order valence-corrected chi connectivity index (χ2v) is 5.32. The standard InChI is InChI=1S/C15H24N2O2/c1-11(2)8-14(10-18)17-15(19)16-9-13-6-4-12(3)5-7-13/h4-7,11,14,18H,8-10H2,1-3H3,(H2,16,17,19). The van der Waals surface area contributed by atoms with Crippen molar-refractivity contribution < 1.29 is 9.90 Å². The van der Waals surface area contributed by atoms with Gasteiger partial charge in [0.2, 0.25) is 0 Å². The van der Waals surface area contributed by atoms with Crippen LogP contribution in [-0.4, -0.2) is 23.8 Å². The number of aliphatic hydroxyl groups is 1. The molecule has 106 valence electrons. The van der Waals surface area contributed by atoms with E-state index in [-0.39, 0.29) is 18.7 Å². The number of carbonyl (C=O) groups excluding carboxylic acids is 1. The molecule has 2 amide bonds. The first-order valence-electron chi connectivity index (χ1n) is 6.72. The Labute approximate surface area is 115 Å². The monoisotopic (exact) mass is 264 g/mol. The summed E-state index contributed by atoms with van der Waals surface area (Å²) < 4.78 is 0. The lowest BCUT2D eigenvalue weighted by Crippen LogP contribution is -2.44. The fourth-order valence-electron chi connectivity index (χ4n) is 1.87. The third-order valence-corrected chi connectivity index (χ3v) is 2.89. The molecule has 0 bridgehead atoms. The summed E-state index contributed by atoms with van der Waals surface area (Å²) in [7, 11) is 0. The Kier molecular flexibility index (Phi) is 6.36. The Morgan fingerprint density at radius 1 is 1.26 bits per heavy atom. The minimum Gasteiger partial charge on any atom is -0.394 e. The topological polar surface area (TPSA) is 61.4 Å². The van der Waals surface area contributed by atoms with E-state index in [1.54, 1.807) is 0 Å². The first-order valence-corrected chi connectivity index (χ1v) is 6.72. The third-order valence-electron chi connectivity index (χ3n) is 2.89. The molecule has 0 aliphatic heterocycles. The molecule has 0 radical (unpaired) electrons. The van der Waals surface area contributed by atoms with E-state index in [2.05, 4.69) is 24.5 Å². The van der Waals surface area contributed by atoms with Crippen LogP contribution >= 0.6 is 0 Å². The van der Waals surface area contributed by atoms with E-state index in [0.29, 0.717) is 12.5 Å². The fourth-order valence-corrected chi connectivity index (χ4v) is 1.87. The van der Waals surface area contributed by atoms with Crippen LogP contribution in [0.1, 0.15) is 31.4 Å². The molecule has 0 aliphatic rings. The second-order valence-electron chi connectivity index (χ2n) is 5.32. The number of aliphatic hydroxyl groups excluding tert-OH is 1. The van der Waals surface area contributed by atoms with Gasteiger partial charge in [-0.1, -0.05) is 43.7 Å². The minimum atomic E-state index is -0.236. The van der Waals surface area contributed by atoms with Crippen molar-refractivity contribution >= 4 is 6.03 Å². The molecule has 0 fully saturated rings. The van der Waals surface area contributed by atoms with E-state index >= 15 is 0 Å². The summed E-state index contributed by atoms with van der Waals surface area (Å²) in [4.78, 5) is 11.7. The minimum absolute atomic E-state index is 0.0316. The lowest BCUT2D eigenvalue weighted by Gasteiger charge is -2.18. The molecule has 0 heterocycles. The summed E-state index contributed by atoms with van der Waals surface area (Å²) in [6.45, 7) is 6.62. The van der Waals surface area contributed by atoms with E-state index in [9.17, 15) is 9.90 Å². The molecule has 0 saturated carbocycles. The van der Waals surface area contributed by atoms with Gasteiger partial charge >= 0.3 is 6.03 Å². The molecule has 19 heavy (non-hydrogen) atoms.